The van der Waals surface area contributed by atoms with Gasteiger partial charge in [0, 0.05) is 12.6 Å². The first-order chi connectivity index (χ1) is 8.34. The number of thioether (sulfide) groups is 1. The highest BCUT2D eigenvalue weighted by Gasteiger charge is 2.12. The van der Waals surface area contributed by atoms with Crippen molar-refractivity contribution in [3.8, 4) is 5.75 Å². The van der Waals surface area contributed by atoms with Gasteiger partial charge >= 0.3 is 0 Å². The van der Waals surface area contributed by atoms with E-state index in [1.165, 1.54) is 29.9 Å². The van der Waals surface area contributed by atoms with Gasteiger partial charge in [0.25, 0.3) is 0 Å². The zero-order chi connectivity index (χ0) is 11.9. The molecule has 0 saturated carbocycles. The fraction of sp³-hybridized carbons (Fsp3) is 0.571. The minimum absolute atomic E-state index is 0.706. The summed E-state index contributed by atoms with van der Waals surface area (Å²) in [6.07, 6.45) is 2.60. The molecule has 3 heteroatoms. The first kappa shape index (κ1) is 12.8. The molecule has 0 aliphatic carbocycles. The third-order valence-corrected chi connectivity index (χ3v) is 4.06. The standard InChI is InChI=1S/C14H21NOS/c1-12-3-2-4-14(11-12)16-8-7-15-13-5-9-17-10-6-13/h2-4,11,13,15H,5-10H2,1H3. The molecule has 0 radical (unpaired) electrons. The molecular formula is C14H21NOS. The van der Waals surface area contributed by atoms with Gasteiger partial charge in [0.15, 0.2) is 0 Å². The Morgan fingerprint density at radius 3 is 2.94 bits per heavy atom. The summed E-state index contributed by atoms with van der Waals surface area (Å²) in [5, 5.41) is 3.57. The van der Waals surface area contributed by atoms with Crippen LogP contribution in [0.1, 0.15) is 18.4 Å². The van der Waals surface area contributed by atoms with Crippen molar-refractivity contribution in [3.63, 3.8) is 0 Å². The van der Waals surface area contributed by atoms with Gasteiger partial charge in [-0.2, -0.15) is 11.8 Å². The molecule has 1 aliphatic rings. The Kier molecular flexibility index (Phi) is 5.20. The van der Waals surface area contributed by atoms with Crippen molar-refractivity contribution in [3.05, 3.63) is 29.8 Å². The van der Waals surface area contributed by atoms with E-state index in [-0.39, 0.29) is 0 Å². The molecule has 1 N–H and O–H groups in total. The molecule has 1 aromatic carbocycles. The molecule has 17 heavy (non-hydrogen) atoms. The Morgan fingerprint density at radius 1 is 1.35 bits per heavy atom. The lowest BCUT2D eigenvalue weighted by Crippen LogP contribution is -2.35. The quantitative estimate of drug-likeness (QED) is 0.813. The predicted molar refractivity (Wildman–Crippen MR) is 75.0 cm³/mol. The van der Waals surface area contributed by atoms with E-state index in [9.17, 15) is 0 Å². The van der Waals surface area contributed by atoms with E-state index in [2.05, 4.69) is 36.1 Å². The van der Waals surface area contributed by atoms with Crippen molar-refractivity contribution in [1.82, 2.24) is 5.32 Å². The van der Waals surface area contributed by atoms with Crippen molar-refractivity contribution < 1.29 is 4.74 Å². The van der Waals surface area contributed by atoms with E-state index >= 15 is 0 Å². The number of ether oxygens (including phenoxy) is 1. The van der Waals surface area contributed by atoms with Crippen LogP contribution in [0, 0.1) is 6.92 Å². The second-order valence-corrected chi connectivity index (χ2v) is 5.73. The van der Waals surface area contributed by atoms with Crippen LogP contribution in [0.15, 0.2) is 24.3 Å². The molecule has 94 valence electrons. The summed E-state index contributed by atoms with van der Waals surface area (Å²) in [5.74, 6) is 3.58. The fourth-order valence-electron chi connectivity index (χ4n) is 2.04. The monoisotopic (exact) mass is 251 g/mol. The lowest BCUT2D eigenvalue weighted by atomic mass is 10.1. The molecule has 1 aliphatic heterocycles. The third kappa shape index (κ3) is 4.60. The predicted octanol–water partition coefficient (Wildman–Crippen LogP) is 2.86. The van der Waals surface area contributed by atoms with Gasteiger partial charge in [0.1, 0.15) is 12.4 Å². The van der Waals surface area contributed by atoms with E-state index in [0.29, 0.717) is 6.04 Å². The van der Waals surface area contributed by atoms with Crippen molar-refractivity contribution in [1.29, 1.82) is 0 Å². The van der Waals surface area contributed by atoms with E-state index in [1.54, 1.807) is 0 Å². The molecule has 0 atom stereocenters. The minimum Gasteiger partial charge on any atom is -0.492 e. The lowest BCUT2D eigenvalue weighted by molar-refractivity contribution is 0.302. The molecule has 2 rings (SSSR count). The van der Waals surface area contributed by atoms with Crippen LogP contribution in [0.5, 0.6) is 5.75 Å². The Balaban J connectivity index is 1.62. The molecule has 1 saturated heterocycles. The maximum Gasteiger partial charge on any atom is 0.119 e. The first-order valence-electron chi connectivity index (χ1n) is 6.35. The number of aryl methyl sites for hydroxylation is 1. The third-order valence-electron chi connectivity index (χ3n) is 3.01. The summed E-state index contributed by atoms with van der Waals surface area (Å²) in [6.45, 7) is 3.79. The molecule has 0 bridgehead atoms. The number of hydrogen-bond donors (Lipinski definition) is 1. The maximum atomic E-state index is 5.71. The van der Waals surface area contributed by atoms with Crippen LogP contribution < -0.4 is 10.1 Å². The molecule has 2 nitrogen and oxygen atoms in total. The average molecular weight is 251 g/mol. The summed E-state index contributed by atoms with van der Waals surface area (Å²) in [4.78, 5) is 0. The summed E-state index contributed by atoms with van der Waals surface area (Å²) in [6, 6.07) is 8.93. The molecule has 1 aromatic rings. The minimum atomic E-state index is 0.706. The molecule has 0 amide bonds. The first-order valence-corrected chi connectivity index (χ1v) is 7.50. The second kappa shape index (κ2) is 6.92. The second-order valence-electron chi connectivity index (χ2n) is 4.51. The van der Waals surface area contributed by atoms with Gasteiger partial charge in [-0.15, -0.1) is 0 Å². The Bertz CT molecular complexity index is 337. The van der Waals surface area contributed by atoms with Gasteiger partial charge in [-0.25, -0.2) is 0 Å². The highest BCUT2D eigenvalue weighted by atomic mass is 32.2. The van der Waals surface area contributed by atoms with E-state index < -0.39 is 0 Å². The Morgan fingerprint density at radius 2 is 2.18 bits per heavy atom. The SMILES string of the molecule is Cc1cccc(OCCNC2CCSCC2)c1. The van der Waals surface area contributed by atoms with Crippen molar-refractivity contribution in [2.75, 3.05) is 24.7 Å². The molecule has 0 unspecified atom stereocenters. The molecule has 1 fully saturated rings. The van der Waals surface area contributed by atoms with Crippen molar-refractivity contribution in [2.24, 2.45) is 0 Å². The normalized spacial score (nSPS) is 17.0. The van der Waals surface area contributed by atoms with Crippen LogP contribution in [-0.2, 0) is 0 Å². The summed E-state index contributed by atoms with van der Waals surface area (Å²) in [5.41, 5.74) is 1.25. The van der Waals surface area contributed by atoms with Gasteiger partial charge in [-0.1, -0.05) is 12.1 Å². The van der Waals surface area contributed by atoms with Crippen LogP contribution in [0.4, 0.5) is 0 Å². The van der Waals surface area contributed by atoms with Gasteiger partial charge in [-0.05, 0) is 49.0 Å². The van der Waals surface area contributed by atoms with Crippen LogP contribution in [0.3, 0.4) is 0 Å². The molecule has 0 aromatic heterocycles. The van der Waals surface area contributed by atoms with Gasteiger partial charge in [0.05, 0.1) is 0 Å². The van der Waals surface area contributed by atoms with Crippen molar-refractivity contribution >= 4 is 11.8 Å². The van der Waals surface area contributed by atoms with E-state index in [4.69, 9.17) is 4.74 Å². The van der Waals surface area contributed by atoms with Crippen LogP contribution in [0.25, 0.3) is 0 Å². The fourth-order valence-corrected chi connectivity index (χ4v) is 3.15. The Hall–Kier alpha value is -0.670. The molecule has 1 heterocycles. The topological polar surface area (TPSA) is 21.3 Å². The highest BCUT2D eigenvalue weighted by Crippen LogP contribution is 2.16. The van der Waals surface area contributed by atoms with E-state index in [0.717, 1.165) is 18.9 Å². The van der Waals surface area contributed by atoms with Crippen LogP contribution in [-0.4, -0.2) is 30.7 Å². The zero-order valence-electron chi connectivity index (χ0n) is 10.4. The largest absolute Gasteiger partial charge is 0.492 e. The summed E-state index contributed by atoms with van der Waals surface area (Å²) in [7, 11) is 0. The van der Waals surface area contributed by atoms with Crippen molar-refractivity contribution in [2.45, 2.75) is 25.8 Å². The summed E-state index contributed by atoms with van der Waals surface area (Å²) >= 11 is 2.07. The Labute approximate surface area is 108 Å². The molecular weight excluding hydrogens is 230 g/mol. The van der Waals surface area contributed by atoms with Gasteiger partial charge < -0.3 is 10.1 Å². The molecule has 0 spiro atoms. The summed E-state index contributed by atoms with van der Waals surface area (Å²) < 4.78 is 5.71. The van der Waals surface area contributed by atoms with Crippen LogP contribution >= 0.6 is 11.8 Å². The zero-order valence-corrected chi connectivity index (χ0v) is 11.3. The number of benzene rings is 1. The number of rotatable bonds is 5. The van der Waals surface area contributed by atoms with Gasteiger partial charge in [0.2, 0.25) is 0 Å². The van der Waals surface area contributed by atoms with Crippen LogP contribution in [0.2, 0.25) is 0 Å². The van der Waals surface area contributed by atoms with E-state index in [1.807, 2.05) is 12.1 Å². The number of hydrogen-bond acceptors (Lipinski definition) is 3. The lowest BCUT2D eigenvalue weighted by Gasteiger charge is -2.22. The smallest absolute Gasteiger partial charge is 0.119 e. The average Bonchev–Trinajstić information content (AvgIpc) is 2.36. The maximum absolute atomic E-state index is 5.71. The number of nitrogens with one attached hydrogen (secondary N) is 1. The highest BCUT2D eigenvalue weighted by molar-refractivity contribution is 7.99. The van der Waals surface area contributed by atoms with Gasteiger partial charge in [-0.3, -0.25) is 0 Å².